The summed E-state index contributed by atoms with van der Waals surface area (Å²) in [5.41, 5.74) is 2.35. The van der Waals surface area contributed by atoms with Crippen molar-refractivity contribution in [2.45, 2.75) is 26.7 Å². The number of amides is 2. The highest BCUT2D eigenvalue weighted by atomic mass is 16.5. The molecule has 0 aliphatic rings. The molecular formula is C28H35N3O5. The summed E-state index contributed by atoms with van der Waals surface area (Å²) < 4.78 is 18.2. The molecular weight excluding hydrogens is 458 g/mol. The van der Waals surface area contributed by atoms with Gasteiger partial charge in [-0.15, -0.1) is 0 Å². The average Bonchev–Trinajstić information content (AvgIpc) is 3.21. The second-order valence-corrected chi connectivity index (χ2v) is 8.43. The highest BCUT2D eigenvalue weighted by Gasteiger charge is 2.23. The van der Waals surface area contributed by atoms with Crippen molar-refractivity contribution in [3.63, 3.8) is 0 Å². The quantitative estimate of drug-likeness (QED) is 0.394. The van der Waals surface area contributed by atoms with Crippen LogP contribution in [0.15, 0.2) is 48.3 Å². The van der Waals surface area contributed by atoms with E-state index in [1.807, 2.05) is 55.9 Å². The molecule has 192 valence electrons. The predicted octanol–water partition coefficient (Wildman–Crippen LogP) is 4.62. The molecule has 0 aliphatic carbocycles. The number of aromatic nitrogens is 1. The molecule has 0 saturated heterocycles. The molecule has 0 unspecified atom stereocenters. The van der Waals surface area contributed by atoms with Gasteiger partial charge in [0, 0.05) is 48.4 Å². The van der Waals surface area contributed by atoms with Crippen molar-refractivity contribution in [3.8, 4) is 17.2 Å². The molecule has 2 amide bonds. The van der Waals surface area contributed by atoms with E-state index in [9.17, 15) is 9.59 Å². The Morgan fingerprint density at radius 3 is 2.14 bits per heavy atom. The first-order valence-electron chi connectivity index (χ1n) is 12.0. The van der Waals surface area contributed by atoms with Crippen LogP contribution in [-0.4, -0.2) is 55.7 Å². The number of para-hydroxylation sites is 1. The molecule has 36 heavy (non-hydrogen) atoms. The smallest absolute Gasteiger partial charge is 0.270 e. The van der Waals surface area contributed by atoms with Crippen molar-refractivity contribution >= 4 is 28.8 Å². The minimum atomic E-state index is -0.456. The standard InChI is InChI=1S/C28H35N3O5/c1-7-13-31(14-8-2)28(33)22(15-20-18-30(3)23-12-10-9-11-21(20)23)29-27(32)19-16-24(34-4)26(36-6)25(17-19)35-5/h9-12,15-18H,7-8,13-14H2,1-6H3,(H,29,32). The van der Waals surface area contributed by atoms with Gasteiger partial charge in [-0.3, -0.25) is 9.59 Å². The highest BCUT2D eigenvalue weighted by molar-refractivity contribution is 6.07. The maximum atomic E-state index is 13.7. The van der Waals surface area contributed by atoms with E-state index in [1.165, 1.54) is 21.3 Å². The molecule has 0 aliphatic heterocycles. The molecule has 0 radical (unpaired) electrons. The Bertz CT molecular complexity index is 1230. The number of rotatable bonds is 11. The lowest BCUT2D eigenvalue weighted by Gasteiger charge is -2.23. The molecule has 0 fully saturated rings. The zero-order valence-corrected chi connectivity index (χ0v) is 21.9. The summed E-state index contributed by atoms with van der Waals surface area (Å²) in [7, 11) is 6.43. The zero-order chi connectivity index (χ0) is 26.2. The van der Waals surface area contributed by atoms with Gasteiger partial charge in [0.15, 0.2) is 11.5 Å². The molecule has 8 nitrogen and oxygen atoms in total. The van der Waals surface area contributed by atoms with Gasteiger partial charge in [-0.1, -0.05) is 32.0 Å². The van der Waals surface area contributed by atoms with Crippen molar-refractivity contribution in [3.05, 3.63) is 59.4 Å². The monoisotopic (exact) mass is 493 g/mol. The number of nitrogens with zero attached hydrogens (tertiary/aromatic N) is 2. The Balaban J connectivity index is 2.08. The van der Waals surface area contributed by atoms with Crippen molar-refractivity contribution in [1.82, 2.24) is 14.8 Å². The summed E-state index contributed by atoms with van der Waals surface area (Å²) in [6, 6.07) is 11.1. The fraction of sp³-hybridized carbons (Fsp3) is 0.357. The number of hydrogen-bond donors (Lipinski definition) is 1. The van der Waals surface area contributed by atoms with E-state index < -0.39 is 5.91 Å². The van der Waals surface area contributed by atoms with Crippen molar-refractivity contribution in [2.24, 2.45) is 7.05 Å². The lowest BCUT2D eigenvalue weighted by Crippen LogP contribution is -2.39. The third kappa shape index (κ3) is 5.64. The summed E-state index contributed by atoms with van der Waals surface area (Å²) in [6.07, 6.45) is 5.33. The first kappa shape index (κ1) is 26.7. The molecule has 8 heteroatoms. The van der Waals surface area contributed by atoms with Crippen molar-refractivity contribution < 1.29 is 23.8 Å². The first-order valence-corrected chi connectivity index (χ1v) is 12.0. The van der Waals surface area contributed by atoms with Gasteiger partial charge in [-0.05, 0) is 37.1 Å². The Morgan fingerprint density at radius 2 is 1.58 bits per heavy atom. The lowest BCUT2D eigenvalue weighted by atomic mass is 10.1. The molecule has 0 saturated carbocycles. The van der Waals surface area contributed by atoms with Crippen LogP contribution >= 0.6 is 0 Å². The summed E-state index contributed by atoms with van der Waals surface area (Å²) in [5, 5.41) is 3.85. The Labute approximate surface area is 212 Å². The lowest BCUT2D eigenvalue weighted by molar-refractivity contribution is -0.127. The van der Waals surface area contributed by atoms with Gasteiger partial charge in [-0.2, -0.15) is 0 Å². The summed E-state index contributed by atoms with van der Waals surface area (Å²) in [4.78, 5) is 28.8. The molecule has 3 rings (SSSR count). The number of carbonyl (C=O) groups is 2. The van der Waals surface area contributed by atoms with E-state index >= 15 is 0 Å². The minimum absolute atomic E-state index is 0.201. The van der Waals surface area contributed by atoms with Crippen LogP contribution in [0.1, 0.15) is 42.6 Å². The Kier molecular flexibility index (Phi) is 9.00. The van der Waals surface area contributed by atoms with Crippen LogP contribution < -0.4 is 19.5 Å². The Hall–Kier alpha value is -3.94. The number of aryl methyl sites for hydroxylation is 1. The van der Waals surface area contributed by atoms with Crippen LogP contribution in [0.3, 0.4) is 0 Å². The third-order valence-corrected chi connectivity index (χ3v) is 5.91. The number of benzene rings is 2. The second kappa shape index (κ2) is 12.2. The summed E-state index contributed by atoms with van der Waals surface area (Å²) >= 11 is 0. The van der Waals surface area contributed by atoms with Crippen LogP contribution in [-0.2, 0) is 11.8 Å². The van der Waals surface area contributed by atoms with E-state index in [-0.39, 0.29) is 17.2 Å². The van der Waals surface area contributed by atoms with E-state index in [4.69, 9.17) is 14.2 Å². The number of hydrogen-bond acceptors (Lipinski definition) is 5. The number of ether oxygens (including phenoxy) is 3. The van der Waals surface area contributed by atoms with Crippen LogP contribution in [0.4, 0.5) is 0 Å². The summed E-state index contributed by atoms with van der Waals surface area (Å²) in [6.45, 7) is 5.25. The topological polar surface area (TPSA) is 82.0 Å². The first-order chi connectivity index (χ1) is 17.4. The Morgan fingerprint density at radius 1 is 0.972 bits per heavy atom. The molecule has 1 N–H and O–H groups in total. The van der Waals surface area contributed by atoms with Crippen LogP contribution in [0.25, 0.3) is 17.0 Å². The zero-order valence-electron chi connectivity index (χ0n) is 21.9. The van der Waals surface area contributed by atoms with Gasteiger partial charge in [0.1, 0.15) is 5.70 Å². The minimum Gasteiger partial charge on any atom is -0.493 e. The molecule has 1 aromatic heterocycles. The fourth-order valence-corrected chi connectivity index (χ4v) is 4.23. The number of fused-ring (bicyclic) bond motifs is 1. The van der Waals surface area contributed by atoms with Crippen LogP contribution in [0.5, 0.6) is 17.2 Å². The van der Waals surface area contributed by atoms with E-state index in [0.717, 1.165) is 29.3 Å². The number of nitrogens with one attached hydrogen (secondary N) is 1. The van der Waals surface area contributed by atoms with Gasteiger partial charge in [0.25, 0.3) is 11.8 Å². The molecule has 0 atom stereocenters. The molecule has 2 aromatic carbocycles. The van der Waals surface area contributed by atoms with E-state index in [2.05, 4.69) is 5.32 Å². The largest absolute Gasteiger partial charge is 0.493 e. The highest BCUT2D eigenvalue weighted by Crippen LogP contribution is 2.38. The number of methoxy groups -OCH3 is 3. The van der Waals surface area contributed by atoms with E-state index in [1.54, 1.807) is 23.1 Å². The average molecular weight is 494 g/mol. The predicted molar refractivity (Wildman–Crippen MR) is 142 cm³/mol. The van der Waals surface area contributed by atoms with Gasteiger partial charge in [0.05, 0.1) is 21.3 Å². The van der Waals surface area contributed by atoms with Crippen LogP contribution in [0, 0.1) is 0 Å². The van der Waals surface area contributed by atoms with Crippen molar-refractivity contribution in [2.75, 3.05) is 34.4 Å². The molecule has 3 aromatic rings. The SMILES string of the molecule is CCCN(CCC)C(=O)C(=Cc1cn(C)c2ccccc12)NC(=O)c1cc(OC)c(OC)c(OC)c1. The second-order valence-electron chi connectivity index (χ2n) is 8.43. The summed E-state index contributed by atoms with van der Waals surface area (Å²) in [5.74, 6) is 0.406. The van der Waals surface area contributed by atoms with Gasteiger partial charge in [-0.25, -0.2) is 0 Å². The van der Waals surface area contributed by atoms with Crippen LogP contribution in [0.2, 0.25) is 0 Å². The van der Waals surface area contributed by atoms with Gasteiger partial charge >= 0.3 is 0 Å². The maximum Gasteiger partial charge on any atom is 0.270 e. The third-order valence-electron chi connectivity index (χ3n) is 5.91. The maximum absolute atomic E-state index is 13.7. The normalized spacial score (nSPS) is 11.3. The van der Waals surface area contributed by atoms with Crippen molar-refractivity contribution in [1.29, 1.82) is 0 Å². The molecule has 0 spiro atoms. The van der Waals surface area contributed by atoms with E-state index in [0.29, 0.717) is 30.3 Å². The number of carbonyl (C=O) groups excluding carboxylic acids is 2. The van der Waals surface area contributed by atoms with Gasteiger partial charge in [0.2, 0.25) is 5.75 Å². The van der Waals surface area contributed by atoms with Gasteiger partial charge < -0.3 is 29.0 Å². The molecule has 0 bridgehead atoms. The molecule has 1 heterocycles. The fourth-order valence-electron chi connectivity index (χ4n) is 4.23.